The van der Waals surface area contributed by atoms with Crippen LogP contribution in [-0.2, 0) is 9.78 Å². The maximum atomic E-state index is 8.47. The van der Waals surface area contributed by atoms with E-state index in [9.17, 15) is 0 Å². The van der Waals surface area contributed by atoms with E-state index in [4.69, 9.17) is 20.0 Å². The first-order valence-corrected chi connectivity index (χ1v) is 4.88. The van der Waals surface area contributed by atoms with Crippen LogP contribution < -0.4 is 0 Å². The molecular formula is C9H20O4. The van der Waals surface area contributed by atoms with Crippen molar-refractivity contribution in [1.29, 1.82) is 0 Å². The molecule has 13 heavy (non-hydrogen) atoms. The second-order valence-corrected chi connectivity index (χ2v) is 2.86. The molecular weight excluding hydrogens is 172 g/mol. The van der Waals surface area contributed by atoms with Gasteiger partial charge in [0.1, 0.15) is 0 Å². The number of aliphatic hydroxyl groups excluding tert-OH is 2. The standard InChI is InChI=1S/C9H20O4/c10-6-2-1-4-8-12-13-9-5-3-7-11/h10-11H,1-9H2. The quantitative estimate of drug-likeness (QED) is 0.306. The van der Waals surface area contributed by atoms with Crippen LogP contribution in [0.15, 0.2) is 0 Å². The Morgan fingerprint density at radius 3 is 1.62 bits per heavy atom. The summed E-state index contributed by atoms with van der Waals surface area (Å²) in [4.78, 5) is 9.71. The first-order chi connectivity index (χ1) is 6.41. The van der Waals surface area contributed by atoms with E-state index in [1.54, 1.807) is 0 Å². The Morgan fingerprint density at radius 1 is 0.615 bits per heavy atom. The summed E-state index contributed by atoms with van der Waals surface area (Å²) in [6, 6.07) is 0. The highest BCUT2D eigenvalue weighted by Gasteiger charge is 1.91. The van der Waals surface area contributed by atoms with E-state index in [2.05, 4.69) is 0 Å². The predicted molar refractivity (Wildman–Crippen MR) is 49.2 cm³/mol. The van der Waals surface area contributed by atoms with Crippen LogP contribution >= 0.6 is 0 Å². The molecule has 0 spiro atoms. The summed E-state index contributed by atoms with van der Waals surface area (Å²) in [6.45, 7) is 1.58. The van der Waals surface area contributed by atoms with Crippen LogP contribution in [0.3, 0.4) is 0 Å². The minimum atomic E-state index is 0.208. The molecule has 0 aromatic rings. The lowest BCUT2D eigenvalue weighted by atomic mass is 10.2. The summed E-state index contributed by atoms with van der Waals surface area (Å²) in [5, 5.41) is 16.9. The van der Waals surface area contributed by atoms with Gasteiger partial charge in [-0.05, 0) is 32.1 Å². The average molecular weight is 192 g/mol. The van der Waals surface area contributed by atoms with Gasteiger partial charge < -0.3 is 10.2 Å². The maximum absolute atomic E-state index is 8.47. The first kappa shape index (κ1) is 12.8. The molecule has 0 aliphatic carbocycles. The van der Waals surface area contributed by atoms with Crippen LogP contribution in [-0.4, -0.2) is 36.6 Å². The minimum Gasteiger partial charge on any atom is -0.396 e. The van der Waals surface area contributed by atoms with Crippen LogP contribution in [0.5, 0.6) is 0 Å². The van der Waals surface area contributed by atoms with Crippen molar-refractivity contribution in [3.8, 4) is 0 Å². The van der Waals surface area contributed by atoms with Crippen molar-refractivity contribution in [3.05, 3.63) is 0 Å². The molecule has 0 rings (SSSR count). The van der Waals surface area contributed by atoms with Crippen molar-refractivity contribution < 1.29 is 20.0 Å². The highest BCUT2D eigenvalue weighted by atomic mass is 17.2. The van der Waals surface area contributed by atoms with Gasteiger partial charge in [-0.1, -0.05) is 0 Å². The molecule has 4 heteroatoms. The largest absolute Gasteiger partial charge is 0.396 e. The highest BCUT2D eigenvalue weighted by molar-refractivity contribution is 4.37. The fourth-order valence-electron chi connectivity index (χ4n) is 0.840. The Labute approximate surface area is 79.4 Å². The number of hydrogen-bond donors (Lipinski definition) is 2. The third kappa shape index (κ3) is 11.8. The maximum Gasteiger partial charge on any atom is 0.0823 e. The Morgan fingerprint density at radius 2 is 1.08 bits per heavy atom. The summed E-state index contributed by atoms with van der Waals surface area (Å²) in [5.74, 6) is 0. The molecule has 2 N–H and O–H groups in total. The second kappa shape index (κ2) is 11.8. The normalized spacial score (nSPS) is 10.6. The zero-order valence-electron chi connectivity index (χ0n) is 8.07. The van der Waals surface area contributed by atoms with Gasteiger partial charge in [0, 0.05) is 13.2 Å². The third-order valence-electron chi connectivity index (χ3n) is 1.60. The fourth-order valence-corrected chi connectivity index (χ4v) is 0.840. The van der Waals surface area contributed by atoms with E-state index in [1.807, 2.05) is 0 Å². The Balaban J connectivity index is 2.76. The number of aliphatic hydroxyl groups is 2. The lowest BCUT2D eigenvalue weighted by Gasteiger charge is -2.02. The molecule has 0 atom stereocenters. The van der Waals surface area contributed by atoms with Crippen molar-refractivity contribution in [2.24, 2.45) is 0 Å². The number of hydrogen-bond acceptors (Lipinski definition) is 4. The van der Waals surface area contributed by atoms with E-state index in [0.717, 1.165) is 32.1 Å². The lowest BCUT2D eigenvalue weighted by Crippen LogP contribution is -2.00. The Bertz CT molecular complexity index is 77.7. The first-order valence-electron chi connectivity index (χ1n) is 4.88. The molecule has 0 unspecified atom stereocenters. The van der Waals surface area contributed by atoms with E-state index < -0.39 is 0 Å². The number of rotatable bonds is 10. The monoisotopic (exact) mass is 192 g/mol. The molecule has 0 aromatic heterocycles. The lowest BCUT2D eigenvalue weighted by molar-refractivity contribution is -0.295. The van der Waals surface area contributed by atoms with Gasteiger partial charge in [0.25, 0.3) is 0 Å². The van der Waals surface area contributed by atoms with Crippen LogP contribution in [0.1, 0.15) is 32.1 Å². The Kier molecular flexibility index (Phi) is 11.7. The van der Waals surface area contributed by atoms with E-state index >= 15 is 0 Å². The molecule has 0 amide bonds. The van der Waals surface area contributed by atoms with Crippen molar-refractivity contribution >= 4 is 0 Å². The zero-order chi connectivity index (χ0) is 9.78. The zero-order valence-corrected chi connectivity index (χ0v) is 8.07. The van der Waals surface area contributed by atoms with Crippen LogP contribution in [0.4, 0.5) is 0 Å². The smallest absolute Gasteiger partial charge is 0.0823 e. The molecule has 4 nitrogen and oxygen atoms in total. The summed E-state index contributed by atoms with van der Waals surface area (Å²) < 4.78 is 0. The van der Waals surface area contributed by atoms with Crippen molar-refractivity contribution in [1.82, 2.24) is 0 Å². The topological polar surface area (TPSA) is 58.9 Å². The average Bonchev–Trinajstić information content (AvgIpc) is 2.16. The molecule has 80 valence electrons. The molecule has 0 fully saturated rings. The van der Waals surface area contributed by atoms with Gasteiger partial charge >= 0.3 is 0 Å². The van der Waals surface area contributed by atoms with Crippen molar-refractivity contribution in [3.63, 3.8) is 0 Å². The summed E-state index contributed by atoms with van der Waals surface area (Å²) >= 11 is 0. The molecule has 0 radical (unpaired) electrons. The minimum absolute atomic E-state index is 0.208. The summed E-state index contributed by atoms with van der Waals surface area (Å²) in [5.41, 5.74) is 0. The molecule has 0 heterocycles. The molecule has 0 bridgehead atoms. The molecule has 0 aromatic carbocycles. The van der Waals surface area contributed by atoms with Gasteiger partial charge in [0.2, 0.25) is 0 Å². The summed E-state index contributed by atoms with van der Waals surface area (Å²) in [7, 11) is 0. The second-order valence-electron chi connectivity index (χ2n) is 2.86. The third-order valence-corrected chi connectivity index (χ3v) is 1.60. The highest BCUT2D eigenvalue weighted by Crippen LogP contribution is 1.96. The predicted octanol–water partition coefficient (Wildman–Crippen LogP) is 0.870. The SMILES string of the molecule is OCCCCCOOCCCCO. The molecule has 0 saturated carbocycles. The molecule has 0 aliphatic heterocycles. The van der Waals surface area contributed by atoms with Gasteiger partial charge in [0.15, 0.2) is 0 Å². The van der Waals surface area contributed by atoms with Gasteiger partial charge in [-0.3, -0.25) is 0 Å². The summed E-state index contributed by atoms with van der Waals surface area (Å²) in [6.07, 6.45) is 4.30. The van der Waals surface area contributed by atoms with Gasteiger partial charge in [-0.15, -0.1) is 0 Å². The number of unbranched alkanes of at least 4 members (excludes halogenated alkanes) is 3. The molecule has 0 saturated heterocycles. The van der Waals surface area contributed by atoms with Crippen molar-refractivity contribution in [2.45, 2.75) is 32.1 Å². The van der Waals surface area contributed by atoms with Crippen molar-refractivity contribution in [2.75, 3.05) is 26.4 Å². The fraction of sp³-hybridized carbons (Fsp3) is 1.00. The van der Waals surface area contributed by atoms with Crippen LogP contribution in [0, 0.1) is 0 Å². The van der Waals surface area contributed by atoms with Crippen LogP contribution in [0.25, 0.3) is 0 Å². The van der Waals surface area contributed by atoms with E-state index in [0.29, 0.717) is 13.2 Å². The van der Waals surface area contributed by atoms with Gasteiger partial charge in [-0.25, -0.2) is 9.78 Å². The Hall–Kier alpha value is -0.160. The molecule has 0 aliphatic rings. The van der Waals surface area contributed by atoms with Gasteiger partial charge in [-0.2, -0.15) is 0 Å². The van der Waals surface area contributed by atoms with Crippen LogP contribution in [0.2, 0.25) is 0 Å². The van der Waals surface area contributed by atoms with Gasteiger partial charge in [0.05, 0.1) is 13.2 Å². The van der Waals surface area contributed by atoms with E-state index in [-0.39, 0.29) is 13.2 Å². The van der Waals surface area contributed by atoms with E-state index in [1.165, 1.54) is 0 Å².